The lowest BCUT2D eigenvalue weighted by Crippen LogP contribution is -2.04. The molecule has 7 heteroatoms. The van der Waals surface area contributed by atoms with Crippen LogP contribution >= 0.6 is 0 Å². The molecule has 1 heterocycles. The van der Waals surface area contributed by atoms with Gasteiger partial charge < -0.3 is 5.73 Å². The number of nitro groups is 1. The third-order valence-electron chi connectivity index (χ3n) is 2.70. The number of aromatic nitrogens is 2. The molecule has 1 aromatic carbocycles. The van der Waals surface area contributed by atoms with Crippen molar-refractivity contribution in [3.05, 3.63) is 45.5 Å². The molecule has 0 unspecified atom stereocenters. The van der Waals surface area contributed by atoms with Crippen molar-refractivity contribution < 1.29 is 9.31 Å². The summed E-state index contributed by atoms with van der Waals surface area (Å²) in [6.07, 6.45) is 1.08. The molecule has 0 saturated carbocycles. The van der Waals surface area contributed by atoms with Crippen LogP contribution in [-0.4, -0.2) is 14.9 Å². The highest BCUT2D eigenvalue weighted by atomic mass is 19.1. The number of benzene rings is 1. The highest BCUT2D eigenvalue weighted by Gasteiger charge is 2.25. The van der Waals surface area contributed by atoms with Crippen molar-refractivity contribution in [3.63, 3.8) is 0 Å². The first-order valence-corrected chi connectivity index (χ1v) is 5.43. The zero-order valence-corrected chi connectivity index (χ0v) is 10.3. The second-order valence-corrected chi connectivity index (χ2v) is 4.15. The van der Waals surface area contributed by atoms with Gasteiger partial charge in [-0.2, -0.15) is 0 Å². The van der Waals surface area contributed by atoms with Crippen LogP contribution in [0.3, 0.4) is 0 Å². The number of nitrogens with zero attached hydrogens (tertiary/aromatic N) is 3. The van der Waals surface area contributed by atoms with Crippen LogP contribution in [0.5, 0.6) is 0 Å². The molecule has 0 aliphatic heterocycles. The molecule has 0 atom stereocenters. The zero-order valence-electron chi connectivity index (χ0n) is 10.3. The van der Waals surface area contributed by atoms with Crippen LogP contribution in [0, 0.1) is 29.8 Å². The fraction of sp³-hybridized carbons (Fsp3) is 0.167. The van der Waals surface area contributed by atoms with E-state index in [1.807, 2.05) is 0 Å². The monoisotopic (exact) mass is 262 g/mol. The minimum absolute atomic E-state index is 0.0754. The summed E-state index contributed by atoms with van der Waals surface area (Å²) in [6.45, 7) is 3.40. The molecule has 0 spiro atoms. The maximum atomic E-state index is 14.0. The predicted octanol–water partition coefficient (Wildman–Crippen LogP) is 2.39. The van der Waals surface area contributed by atoms with Crippen molar-refractivity contribution >= 4 is 11.5 Å². The number of nitrogen functional groups attached to an aromatic ring is 1. The lowest BCUT2D eigenvalue weighted by atomic mass is 10.0. The molecule has 1 aromatic heterocycles. The molecule has 2 aromatic rings. The second-order valence-electron chi connectivity index (χ2n) is 4.15. The summed E-state index contributed by atoms with van der Waals surface area (Å²) in [5.41, 5.74) is 6.25. The van der Waals surface area contributed by atoms with E-state index in [0.717, 1.165) is 11.9 Å². The van der Waals surface area contributed by atoms with E-state index >= 15 is 0 Å². The fourth-order valence-corrected chi connectivity index (χ4v) is 1.97. The molecule has 0 radical (unpaired) electrons. The standard InChI is InChI=1S/C12H11FN4O2/c1-6-3-7(2)9(8(13)4-6)10-11(17(18)19)12(14)16-5-15-10/h3-5H,1-2H3,(H2,14,15,16). The maximum Gasteiger partial charge on any atom is 0.337 e. The summed E-state index contributed by atoms with van der Waals surface area (Å²) in [5, 5.41) is 11.0. The number of rotatable bonds is 2. The van der Waals surface area contributed by atoms with Gasteiger partial charge in [-0.3, -0.25) is 10.1 Å². The Morgan fingerprint density at radius 3 is 2.58 bits per heavy atom. The minimum atomic E-state index is -0.705. The number of halogens is 1. The van der Waals surface area contributed by atoms with E-state index in [-0.39, 0.29) is 17.1 Å². The molecule has 2 rings (SSSR count). The van der Waals surface area contributed by atoms with Gasteiger partial charge in [0.2, 0.25) is 5.82 Å². The summed E-state index contributed by atoms with van der Waals surface area (Å²) in [4.78, 5) is 17.7. The topological polar surface area (TPSA) is 94.9 Å². The summed E-state index contributed by atoms with van der Waals surface area (Å²) >= 11 is 0. The minimum Gasteiger partial charge on any atom is -0.378 e. The first-order chi connectivity index (χ1) is 8.91. The van der Waals surface area contributed by atoms with Gasteiger partial charge in [-0.15, -0.1) is 0 Å². The molecule has 0 amide bonds. The van der Waals surface area contributed by atoms with Gasteiger partial charge in [-0.1, -0.05) is 6.07 Å². The number of aryl methyl sites for hydroxylation is 2. The molecular formula is C12H11FN4O2. The van der Waals surface area contributed by atoms with E-state index in [0.29, 0.717) is 5.56 Å². The molecule has 98 valence electrons. The molecular weight excluding hydrogens is 251 g/mol. The van der Waals surface area contributed by atoms with Gasteiger partial charge in [0.05, 0.1) is 4.92 Å². The van der Waals surface area contributed by atoms with Crippen molar-refractivity contribution in [1.29, 1.82) is 0 Å². The predicted molar refractivity (Wildman–Crippen MR) is 68.0 cm³/mol. The normalized spacial score (nSPS) is 10.5. The van der Waals surface area contributed by atoms with Gasteiger partial charge in [0.1, 0.15) is 12.1 Å². The Kier molecular flexibility index (Phi) is 3.12. The van der Waals surface area contributed by atoms with E-state index in [2.05, 4.69) is 9.97 Å². The van der Waals surface area contributed by atoms with Gasteiger partial charge in [-0.05, 0) is 31.0 Å². The Hall–Kier alpha value is -2.57. The second kappa shape index (κ2) is 4.60. The summed E-state index contributed by atoms with van der Waals surface area (Å²) in [6, 6.07) is 3.02. The average Bonchev–Trinajstić information content (AvgIpc) is 2.26. The smallest absolute Gasteiger partial charge is 0.337 e. The average molecular weight is 262 g/mol. The van der Waals surface area contributed by atoms with Crippen LogP contribution in [0.2, 0.25) is 0 Å². The summed E-state index contributed by atoms with van der Waals surface area (Å²) < 4.78 is 14.0. The molecule has 19 heavy (non-hydrogen) atoms. The van der Waals surface area contributed by atoms with Crippen LogP contribution < -0.4 is 5.73 Å². The van der Waals surface area contributed by atoms with E-state index in [4.69, 9.17) is 5.73 Å². The quantitative estimate of drug-likeness (QED) is 0.662. The molecule has 0 aliphatic carbocycles. The highest BCUT2D eigenvalue weighted by Crippen LogP contribution is 2.35. The van der Waals surface area contributed by atoms with Crippen LogP contribution in [0.4, 0.5) is 15.9 Å². The van der Waals surface area contributed by atoms with Crippen molar-refractivity contribution in [2.24, 2.45) is 0 Å². The van der Waals surface area contributed by atoms with Gasteiger partial charge in [0, 0.05) is 5.56 Å². The lowest BCUT2D eigenvalue weighted by Gasteiger charge is -2.09. The van der Waals surface area contributed by atoms with Crippen LogP contribution in [-0.2, 0) is 0 Å². The third-order valence-corrected chi connectivity index (χ3v) is 2.70. The number of hydrogen-bond acceptors (Lipinski definition) is 5. The SMILES string of the molecule is Cc1cc(C)c(-c2ncnc(N)c2[N+](=O)[O-])c(F)c1. The Labute approximate surface area is 108 Å². The largest absolute Gasteiger partial charge is 0.378 e. The van der Waals surface area contributed by atoms with Crippen LogP contribution in [0.25, 0.3) is 11.3 Å². The van der Waals surface area contributed by atoms with E-state index in [1.165, 1.54) is 6.07 Å². The van der Waals surface area contributed by atoms with Crippen molar-refractivity contribution in [2.45, 2.75) is 13.8 Å². The highest BCUT2D eigenvalue weighted by molar-refractivity contribution is 5.78. The number of nitrogens with two attached hydrogens (primary N) is 1. The first-order valence-electron chi connectivity index (χ1n) is 5.43. The molecule has 0 fully saturated rings. The summed E-state index contributed by atoms with van der Waals surface area (Å²) in [5.74, 6) is -0.854. The molecule has 0 bridgehead atoms. The van der Waals surface area contributed by atoms with Crippen molar-refractivity contribution in [3.8, 4) is 11.3 Å². The molecule has 2 N–H and O–H groups in total. The Bertz CT molecular complexity index is 650. The molecule has 0 aliphatic rings. The van der Waals surface area contributed by atoms with Crippen molar-refractivity contribution in [2.75, 3.05) is 5.73 Å². The maximum absolute atomic E-state index is 14.0. The summed E-state index contributed by atoms with van der Waals surface area (Å²) in [7, 11) is 0. The molecule has 6 nitrogen and oxygen atoms in total. The van der Waals surface area contributed by atoms with Gasteiger partial charge >= 0.3 is 5.69 Å². The van der Waals surface area contributed by atoms with Crippen molar-refractivity contribution in [1.82, 2.24) is 9.97 Å². The Morgan fingerprint density at radius 1 is 1.32 bits per heavy atom. The van der Waals surface area contributed by atoms with Gasteiger partial charge in [-0.25, -0.2) is 14.4 Å². The number of hydrogen-bond donors (Lipinski definition) is 1. The molecule has 0 saturated heterocycles. The lowest BCUT2D eigenvalue weighted by molar-refractivity contribution is -0.383. The van der Waals surface area contributed by atoms with E-state index in [1.54, 1.807) is 19.9 Å². The third kappa shape index (κ3) is 2.22. The fourth-order valence-electron chi connectivity index (χ4n) is 1.97. The van der Waals surface area contributed by atoms with E-state index < -0.39 is 16.4 Å². The first kappa shape index (κ1) is 12.9. The number of anilines is 1. The van der Waals surface area contributed by atoms with Crippen LogP contribution in [0.15, 0.2) is 18.5 Å². The van der Waals surface area contributed by atoms with Gasteiger partial charge in [0.25, 0.3) is 0 Å². The Balaban J connectivity index is 2.80. The van der Waals surface area contributed by atoms with Crippen LogP contribution in [0.1, 0.15) is 11.1 Å². The zero-order chi connectivity index (χ0) is 14.2. The van der Waals surface area contributed by atoms with E-state index in [9.17, 15) is 14.5 Å². The Morgan fingerprint density at radius 2 is 2.00 bits per heavy atom. The van der Waals surface area contributed by atoms with Gasteiger partial charge in [0.15, 0.2) is 5.69 Å².